The smallest absolute Gasteiger partial charge is 0.422 e. The van der Waals surface area contributed by atoms with Crippen LogP contribution in [0.2, 0.25) is 0 Å². The predicted molar refractivity (Wildman–Crippen MR) is 94.0 cm³/mol. The number of amides is 1. The third kappa shape index (κ3) is 4.78. The highest BCUT2D eigenvalue weighted by atomic mass is 19.4. The van der Waals surface area contributed by atoms with Gasteiger partial charge in [0, 0.05) is 31.9 Å². The van der Waals surface area contributed by atoms with Crippen LogP contribution < -0.4 is 20.3 Å². The van der Waals surface area contributed by atoms with E-state index >= 15 is 0 Å². The van der Waals surface area contributed by atoms with Crippen molar-refractivity contribution in [2.45, 2.75) is 19.6 Å². The monoisotopic (exact) mass is 381 g/mol. The van der Waals surface area contributed by atoms with Gasteiger partial charge >= 0.3 is 6.18 Å². The quantitative estimate of drug-likeness (QED) is 0.829. The minimum Gasteiger partial charge on any atom is -0.468 e. The number of aryl methyl sites for hydroxylation is 1. The Kier molecular flexibility index (Phi) is 5.06. The maximum atomic E-state index is 12.1. The number of alkyl halides is 3. The Labute approximate surface area is 153 Å². The molecule has 0 spiro atoms. The molecule has 1 amide bonds. The van der Waals surface area contributed by atoms with Crippen LogP contribution in [0, 0.1) is 6.92 Å². The molecule has 0 saturated heterocycles. The number of nitrogens with one attached hydrogen (secondary N) is 2. The summed E-state index contributed by atoms with van der Waals surface area (Å²) in [7, 11) is 1.82. The highest BCUT2D eigenvalue weighted by Gasteiger charge is 2.28. The average molecular weight is 381 g/mol. The number of nitrogens with zero attached hydrogens (tertiary/aromatic N) is 3. The third-order valence-electron chi connectivity index (χ3n) is 3.89. The molecule has 27 heavy (non-hydrogen) atoms. The van der Waals surface area contributed by atoms with E-state index in [0.717, 1.165) is 11.3 Å². The normalized spacial score (nSPS) is 13.8. The van der Waals surface area contributed by atoms with Gasteiger partial charge in [-0.3, -0.25) is 4.79 Å². The van der Waals surface area contributed by atoms with Gasteiger partial charge < -0.3 is 20.3 Å². The lowest BCUT2D eigenvalue weighted by Gasteiger charge is -2.28. The van der Waals surface area contributed by atoms with Crippen molar-refractivity contribution in [1.29, 1.82) is 0 Å². The summed E-state index contributed by atoms with van der Waals surface area (Å²) in [6.45, 7) is 1.07. The lowest BCUT2D eigenvalue weighted by Crippen LogP contribution is -2.36. The molecule has 10 heteroatoms. The van der Waals surface area contributed by atoms with Crippen LogP contribution in [-0.4, -0.2) is 42.3 Å². The summed E-state index contributed by atoms with van der Waals surface area (Å²) in [6, 6.07) is 4.84. The second kappa shape index (κ2) is 7.29. The molecule has 2 aromatic heterocycles. The number of aromatic nitrogens is 2. The third-order valence-corrected chi connectivity index (χ3v) is 3.89. The van der Waals surface area contributed by atoms with E-state index < -0.39 is 12.8 Å². The molecule has 0 fully saturated rings. The minimum atomic E-state index is -4.40. The van der Waals surface area contributed by atoms with E-state index in [1.165, 1.54) is 12.3 Å². The number of ether oxygens (including phenoxy) is 1. The van der Waals surface area contributed by atoms with Crippen molar-refractivity contribution in [3.8, 4) is 5.88 Å². The lowest BCUT2D eigenvalue weighted by atomic mass is 10.2. The highest BCUT2D eigenvalue weighted by molar-refractivity contribution is 6.02. The Hall–Kier alpha value is -3.04. The summed E-state index contributed by atoms with van der Waals surface area (Å²) in [5.41, 5.74) is 2.99. The number of rotatable bonds is 5. The molecular formula is C17H18F3N5O2. The van der Waals surface area contributed by atoms with Crippen LogP contribution in [0.25, 0.3) is 0 Å². The van der Waals surface area contributed by atoms with Crippen LogP contribution in [-0.2, 0) is 11.3 Å². The number of likely N-dealkylation sites (N-methyl/N-ethyl adjacent to an activating group) is 1. The number of carbonyl (C=O) groups excluding carboxylic acids is 1. The molecule has 0 radical (unpaired) electrons. The van der Waals surface area contributed by atoms with Crippen molar-refractivity contribution in [2.24, 2.45) is 0 Å². The van der Waals surface area contributed by atoms with E-state index in [4.69, 9.17) is 0 Å². The van der Waals surface area contributed by atoms with E-state index in [0.29, 0.717) is 23.7 Å². The van der Waals surface area contributed by atoms with Gasteiger partial charge in [0.25, 0.3) is 0 Å². The maximum Gasteiger partial charge on any atom is 0.422 e. The lowest BCUT2D eigenvalue weighted by molar-refractivity contribution is -0.154. The average Bonchev–Trinajstić information content (AvgIpc) is 2.59. The second-order valence-corrected chi connectivity index (χ2v) is 6.15. The first kappa shape index (κ1) is 18.7. The molecule has 2 N–H and O–H groups in total. The fourth-order valence-corrected chi connectivity index (χ4v) is 2.63. The van der Waals surface area contributed by atoms with Crippen molar-refractivity contribution >= 4 is 23.1 Å². The van der Waals surface area contributed by atoms with Crippen molar-refractivity contribution < 1.29 is 22.7 Å². The van der Waals surface area contributed by atoms with Gasteiger partial charge in [-0.1, -0.05) is 6.07 Å². The number of hydrogen-bond donors (Lipinski definition) is 2. The van der Waals surface area contributed by atoms with Gasteiger partial charge in [-0.15, -0.1) is 0 Å². The summed E-state index contributed by atoms with van der Waals surface area (Å²) in [6.07, 6.45) is -2.96. The Morgan fingerprint density at radius 3 is 2.81 bits per heavy atom. The van der Waals surface area contributed by atoms with Crippen LogP contribution in [0.5, 0.6) is 5.88 Å². The van der Waals surface area contributed by atoms with Gasteiger partial charge in [0.15, 0.2) is 6.61 Å². The molecule has 7 nitrogen and oxygen atoms in total. The summed E-state index contributed by atoms with van der Waals surface area (Å²) >= 11 is 0. The largest absolute Gasteiger partial charge is 0.468 e. The Bertz CT molecular complexity index is 840. The molecule has 1 aliphatic rings. The summed E-state index contributed by atoms with van der Waals surface area (Å²) in [5, 5.41) is 5.96. The first-order valence-corrected chi connectivity index (χ1v) is 8.12. The van der Waals surface area contributed by atoms with E-state index in [1.54, 1.807) is 13.0 Å². The van der Waals surface area contributed by atoms with Crippen molar-refractivity contribution in [3.63, 3.8) is 0 Å². The fourth-order valence-electron chi connectivity index (χ4n) is 2.63. The number of carbonyl (C=O) groups is 1. The van der Waals surface area contributed by atoms with E-state index in [2.05, 4.69) is 25.3 Å². The molecule has 0 bridgehead atoms. The number of halogens is 3. The Balaban J connectivity index is 1.64. The van der Waals surface area contributed by atoms with Crippen LogP contribution in [0.15, 0.2) is 24.4 Å². The van der Waals surface area contributed by atoms with Crippen molar-refractivity contribution in [1.82, 2.24) is 9.97 Å². The molecular weight excluding hydrogens is 363 g/mol. The SMILES string of the molecule is Cc1nc(NCc2ccc(OCC(F)(F)F)nc2)cc2c1NC(=O)CN2C. The molecule has 0 aromatic carbocycles. The zero-order valence-corrected chi connectivity index (χ0v) is 14.7. The molecule has 0 unspecified atom stereocenters. The number of hydrogen-bond acceptors (Lipinski definition) is 6. The van der Waals surface area contributed by atoms with Crippen LogP contribution in [0.3, 0.4) is 0 Å². The van der Waals surface area contributed by atoms with Gasteiger partial charge in [0.1, 0.15) is 5.82 Å². The number of fused-ring (bicyclic) bond motifs is 1. The molecule has 144 valence electrons. The predicted octanol–water partition coefficient (Wildman–Crippen LogP) is 2.73. The summed E-state index contributed by atoms with van der Waals surface area (Å²) in [5.74, 6) is 0.442. The van der Waals surface area contributed by atoms with Crippen LogP contribution in [0.1, 0.15) is 11.3 Å². The highest BCUT2D eigenvalue weighted by Crippen LogP contribution is 2.32. The first-order valence-electron chi connectivity index (χ1n) is 8.12. The molecule has 3 rings (SSSR count). The van der Waals surface area contributed by atoms with Gasteiger partial charge in [-0.05, 0) is 12.5 Å². The molecule has 0 aliphatic carbocycles. The molecule has 0 atom stereocenters. The summed E-state index contributed by atoms with van der Waals surface area (Å²) < 4.78 is 41.0. The Morgan fingerprint density at radius 2 is 2.15 bits per heavy atom. The van der Waals surface area contributed by atoms with Crippen LogP contribution >= 0.6 is 0 Å². The molecule has 1 aliphatic heterocycles. The van der Waals surface area contributed by atoms with Crippen molar-refractivity contribution in [2.75, 3.05) is 35.7 Å². The first-order chi connectivity index (χ1) is 12.7. The minimum absolute atomic E-state index is 0.0869. The van der Waals surface area contributed by atoms with Crippen LogP contribution in [0.4, 0.5) is 30.4 Å². The zero-order valence-electron chi connectivity index (χ0n) is 14.7. The van der Waals surface area contributed by atoms with E-state index in [9.17, 15) is 18.0 Å². The van der Waals surface area contributed by atoms with Crippen molar-refractivity contribution in [3.05, 3.63) is 35.7 Å². The summed E-state index contributed by atoms with van der Waals surface area (Å²) in [4.78, 5) is 21.8. The topological polar surface area (TPSA) is 79.4 Å². The Morgan fingerprint density at radius 1 is 1.37 bits per heavy atom. The van der Waals surface area contributed by atoms with Gasteiger partial charge in [-0.2, -0.15) is 13.2 Å². The molecule has 0 saturated carbocycles. The van der Waals surface area contributed by atoms with Gasteiger partial charge in [0.05, 0.1) is 23.6 Å². The van der Waals surface area contributed by atoms with Gasteiger partial charge in [0.2, 0.25) is 11.8 Å². The number of anilines is 3. The standard InChI is InChI=1S/C17H18F3N5O2/c1-10-16-12(25(2)8-14(26)24-16)5-13(23-10)21-6-11-3-4-15(22-7-11)27-9-17(18,19)20/h3-5,7H,6,8-9H2,1-2H3,(H,21,23)(H,24,26). The zero-order chi connectivity index (χ0) is 19.6. The second-order valence-electron chi connectivity index (χ2n) is 6.15. The van der Waals surface area contributed by atoms with Gasteiger partial charge in [-0.25, -0.2) is 9.97 Å². The van der Waals surface area contributed by atoms with E-state index in [-0.39, 0.29) is 18.3 Å². The number of pyridine rings is 2. The van der Waals surface area contributed by atoms with E-state index in [1.807, 2.05) is 18.0 Å². The molecule has 2 aromatic rings. The maximum absolute atomic E-state index is 12.1. The fraction of sp³-hybridized carbons (Fsp3) is 0.353. The molecule has 3 heterocycles.